The Labute approximate surface area is 190 Å². The van der Waals surface area contributed by atoms with Gasteiger partial charge in [0.2, 0.25) is 5.89 Å². The van der Waals surface area contributed by atoms with E-state index in [1.165, 1.54) is 0 Å². The van der Waals surface area contributed by atoms with Gasteiger partial charge in [0.25, 0.3) is 5.89 Å². The summed E-state index contributed by atoms with van der Waals surface area (Å²) in [4.78, 5) is 13.5. The average Bonchev–Trinajstić information content (AvgIpc) is 3.30. The van der Waals surface area contributed by atoms with Crippen LogP contribution in [0.15, 0.2) is 53.2 Å². The van der Waals surface area contributed by atoms with E-state index in [1.807, 2.05) is 57.2 Å². The molecule has 0 saturated carbocycles. The minimum Gasteiger partial charge on any atom is -0.415 e. The fourth-order valence-corrected chi connectivity index (χ4v) is 3.24. The fraction of sp³-hybridized carbons (Fsp3) is 0.250. The summed E-state index contributed by atoms with van der Waals surface area (Å²) in [6.45, 7) is 6.07. The molecule has 0 aliphatic carbocycles. The first kappa shape index (κ1) is 21.3. The van der Waals surface area contributed by atoms with Crippen molar-refractivity contribution in [2.24, 2.45) is 5.73 Å². The summed E-state index contributed by atoms with van der Waals surface area (Å²) in [7, 11) is 0. The topological polar surface area (TPSA) is 127 Å². The van der Waals surface area contributed by atoms with Crippen molar-refractivity contribution in [2.45, 2.75) is 32.6 Å². The van der Waals surface area contributed by atoms with Crippen LogP contribution >= 0.6 is 0 Å². The van der Waals surface area contributed by atoms with Crippen molar-refractivity contribution >= 4 is 0 Å². The predicted octanol–water partition coefficient (Wildman–Crippen LogP) is 4.60. The van der Waals surface area contributed by atoms with E-state index in [2.05, 4.69) is 26.2 Å². The Balaban J connectivity index is 0.00000204. The highest BCUT2D eigenvalue weighted by Gasteiger charge is 2.22. The molecule has 2 N–H and O–H groups in total. The van der Waals surface area contributed by atoms with Gasteiger partial charge in [0.05, 0.1) is 34.8 Å². The number of nitrogens with zero attached hydrogens (tertiary/aromatic N) is 6. The number of hydrogen-bond donors (Lipinski definition) is 1. The quantitative estimate of drug-likeness (QED) is 0.469. The number of nitrogens with two attached hydrogens (primary N) is 1. The summed E-state index contributed by atoms with van der Waals surface area (Å²) in [5, 5.41) is 17.8. The standard InChI is InChI=1S/C24H23N7O.3H2/c1-15-21(23-31-30-22(32-23)18-6-4-5-16(11-18)7-9-25)29-19(13-28-15)17-8-10-27-20(12-17)24(2,3)14-26;;;/h4-6,8,10-13H,7,9,25H2,1-3H3;3*1H. The highest BCUT2D eigenvalue weighted by atomic mass is 16.4. The van der Waals surface area contributed by atoms with Crippen LogP contribution in [-0.4, -0.2) is 31.7 Å². The lowest BCUT2D eigenvalue weighted by molar-refractivity contribution is 0.581. The Morgan fingerprint density at radius 2 is 1.91 bits per heavy atom. The zero-order chi connectivity index (χ0) is 22.7. The molecule has 3 aromatic heterocycles. The van der Waals surface area contributed by atoms with Crippen molar-refractivity contribution in [2.75, 3.05) is 6.54 Å². The summed E-state index contributed by atoms with van der Waals surface area (Å²) < 4.78 is 5.94. The number of benzene rings is 1. The first-order chi connectivity index (χ1) is 15.4. The number of rotatable bonds is 6. The van der Waals surface area contributed by atoms with E-state index >= 15 is 0 Å². The molecule has 0 fully saturated rings. The molecule has 1 aromatic carbocycles. The van der Waals surface area contributed by atoms with E-state index < -0.39 is 5.41 Å². The van der Waals surface area contributed by atoms with Gasteiger partial charge in [-0.15, -0.1) is 10.2 Å². The van der Waals surface area contributed by atoms with Crippen molar-refractivity contribution < 1.29 is 8.70 Å². The average molecular weight is 432 g/mol. The molecule has 0 atom stereocenters. The molecule has 32 heavy (non-hydrogen) atoms. The first-order valence-corrected chi connectivity index (χ1v) is 10.3. The van der Waals surface area contributed by atoms with Crippen molar-refractivity contribution in [3.8, 4) is 40.4 Å². The van der Waals surface area contributed by atoms with E-state index in [4.69, 9.17) is 15.1 Å². The van der Waals surface area contributed by atoms with Crippen LogP contribution in [0, 0.1) is 18.3 Å². The first-order valence-electron chi connectivity index (χ1n) is 10.3. The molecule has 0 saturated heterocycles. The monoisotopic (exact) mass is 431 g/mol. The molecule has 0 bridgehead atoms. The minimum atomic E-state index is -0.712. The maximum absolute atomic E-state index is 9.43. The Bertz CT molecular complexity index is 1320. The minimum absolute atomic E-state index is 0. The highest BCUT2D eigenvalue weighted by Crippen LogP contribution is 2.28. The molecule has 0 aliphatic heterocycles. The van der Waals surface area contributed by atoms with Crippen LogP contribution in [0.2, 0.25) is 0 Å². The van der Waals surface area contributed by atoms with Crippen LogP contribution in [0.25, 0.3) is 34.3 Å². The van der Waals surface area contributed by atoms with Crippen molar-refractivity contribution in [1.82, 2.24) is 25.1 Å². The summed E-state index contributed by atoms with van der Waals surface area (Å²) in [5.74, 6) is 0.704. The van der Waals surface area contributed by atoms with Crippen LogP contribution < -0.4 is 5.73 Å². The Hall–Kier alpha value is -3.96. The molecule has 8 heteroatoms. The van der Waals surface area contributed by atoms with Gasteiger partial charge in [-0.05, 0) is 63.6 Å². The zero-order valence-corrected chi connectivity index (χ0v) is 18.2. The maximum Gasteiger partial charge on any atom is 0.268 e. The smallest absolute Gasteiger partial charge is 0.268 e. The third kappa shape index (κ3) is 4.24. The highest BCUT2D eigenvalue weighted by molar-refractivity contribution is 5.64. The molecule has 166 valence electrons. The summed E-state index contributed by atoms with van der Waals surface area (Å²) in [6.07, 6.45) is 4.13. The molecular formula is C24H29N7O. The number of aromatic nitrogens is 5. The SMILES string of the molecule is Cc1ncc(-c2ccnc(C(C)(C)C#N)c2)nc1-c1nnc(-c2cccc(CCN)c2)o1.[HH].[HH].[HH]. The normalized spacial score (nSPS) is 11.3. The lowest BCUT2D eigenvalue weighted by atomic mass is 9.90. The molecule has 0 spiro atoms. The number of pyridine rings is 1. The summed E-state index contributed by atoms with van der Waals surface area (Å²) >= 11 is 0. The summed E-state index contributed by atoms with van der Waals surface area (Å²) in [6, 6.07) is 13.8. The van der Waals surface area contributed by atoms with Crippen molar-refractivity contribution in [3.05, 3.63) is 65.7 Å². The second-order valence-corrected chi connectivity index (χ2v) is 8.01. The molecular weight excluding hydrogens is 402 g/mol. The molecule has 3 heterocycles. The number of nitriles is 1. The summed E-state index contributed by atoms with van der Waals surface area (Å²) in [5.41, 5.74) is 10.2. The van der Waals surface area contributed by atoms with Crippen LogP contribution in [0.5, 0.6) is 0 Å². The third-order valence-corrected chi connectivity index (χ3v) is 5.17. The van der Waals surface area contributed by atoms with Gasteiger partial charge in [-0.25, -0.2) is 4.98 Å². The number of aryl methyl sites for hydroxylation is 1. The molecule has 8 nitrogen and oxygen atoms in total. The van der Waals surface area contributed by atoms with Crippen LogP contribution in [0.4, 0.5) is 0 Å². The van der Waals surface area contributed by atoms with Gasteiger partial charge in [0.15, 0.2) is 0 Å². The van der Waals surface area contributed by atoms with E-state index in [-0.39, 0.29) is 4.28 Å². The van der Waals surface area contributed by atoms with E-state index in [0.717, 1.165) is 23.1 Å². The lowest BCUT2D eigenvalue weighted by Crippen LogP contribution is -2.15. The molecule has 0 radical (unpaired) electrons. The maximum atomic E-state index is 9.43. The molecule has 4 rings (SSSR count). The van der Waals surface area contributed by atoms with Gasteiger partial charge in [-0.2, -0.15) is 5.26 Å². The van der Waals surface area contributed by atoms with Gasteiger partial charge < -0.3 is 10.2 Å². The number of hydrogen-bond acceptors (Lipinski definition) is 8. The van der Waals surface area contributed by atoms with E-state index in [0.29, 0.717) is 41.1 Å². The van der Waals surface area contributed by atoms with Gasteiger partial charge in [0, 0.05) is 21.6 Å². The Morgan fingerprint density at radius 3 is 2.69 bits per heavy atom. The van der Waals surface area contributed by atoms with Crippen LogP contribution in [0.3, 0.4) is 0 Å². The second-order valence-electron chi connectivity index (χ2n) is 8.01. The van der Waals surface area contributed by atoms with E-state index in [9.17, 15) is 5.26 Å². The van der Waals surface area contributed by atoms with Crippen molar-refractivity contribution in [3.63, 3.8) is 0 Å². The van der Waals surface area contributed by atoms with Gasteiger partial charge in [-0.3, -0.25) is 9.97 Å². The third-order valence-electron chi connectivity index (χ3n) is 5.17. The van der Waals surface area contributed by atoms with Gasteiger partial charge >= 0.3 is 0 Å². The predicted molar refractivity (Wildman–Crippen MR) is 126 cm³/mol. The fourth-order valence-electron chi connectivity index (χ4n) is 3.24. The van der Waals surface area contributed by atoms with Crippen molar-refractivity contribution in [1.29, 1.82) is 5.26 Å². The van der Waals surface area contributed by atoms with E-state index in [1.54, 1.807) is 12.4 Å². The zero-order valence-electron chi connectivity index (χ0n) is 18.2. The van der Waals surface area contributed by atoms with Gasteiger partial charge in [0.1, 0.15) is 5.69 Å². The second kappa shape index (κ2) is 8.65. The molecule has 0 amide bonds. The largest absolute Gasteiger partial charge is 0.415 e. The lowest BCUT2D eigenvalue weighted by Gasteiger charge is -2.15. The van der Waals surface area contributed by atoms with Crippen LogP contribution in [0.1, 0.15) is 35.1 Å². The molecule has 0 unspecified atom stereocenters. The van der Waals surface area contributed by atoms with Gasteiger partial charge in [-0.1, -0.05) is 12.1 Å². The Kier molecular flexibility index (Phi) is 5.75. The molecule has 0 aliphatic rings. The van der Waals surface area contributed by atoms with Crippen LogP contribution in [-0.2, 0) is 11.8 Å². The Morgan fingerprint density at radius 1 is 1.09 bits per heavy atom. The molecule has 4 aromatic rings.